The summed E-state index contributed by atoms with van der Waals surface area (Å²) in [4.78, 5) is 0. The minimum Gasteiger partial charge on any atom is -0.331 e. The van der Waals surface area contributed by atoms with Crippen LogP contribution in [0.3, 0.4) is 0 Å². The van der Waals surface area contributed by atoms with Crippen molar-refractivity contribution in [3.8, 4) is 0 Å². The van der Waals surface area contributed by atoms with E-state index in [-0.39, 0.29) is 0 Å². The van der Waals surface area contributed by atoms with Crippen molar-refractivity contribution >= 4 is 0 Å². The maximum Gasteiger partial charge on any atom is 0.0780 e. The molecule has 0 saturated carbocycles. The first kappa shape index (κ1) is 23.9. The predicted molar refractivity (Wildman–Crippen MR) is 111 cm³/mol. The van der Waals surface area contributed by atoms with Gasteiger partial charge in [0.1, 0.15) is 0 Å². The minimum atomic E-state index is 1.12. The highest BCUT2D eigenvalue weighted by Gasteiger charge is 2.04. The molecule has 2 heteroatoms. The molecule has 0 aliphatic carbocycles. The molecule has 0 amide bonds. The van der Waals surface area contributed by atoms with Crippen molar-refractivity contribution in [1.82, 2.24) is 5.32 Å². The van der Waals surface area contributed by atoms with Crippen LogP contribution in [0.1, 0.15) is 103 Å². The van der Waals surface area contributed by atoms with Crippen LogP contribution in [0.2, 0.25) is 0 Å². The van der Waals surface area contributed by atoms with Crippen LogP contribution in [0.25, 0.3) is 0 Å². The zero-order valence-corrected chi connectivity index (χ0v) is 17.7. The Balaban J connectivity index is 3.00. The first-order chi connectivity index (χ1) is 11.6. The van der Waals surface area contributed by atoms with E-state index in [4.69, 9.17) is 0 Å². The van der Waals surface area contributed by atoms with Crippen molar-refractivity contribution in [2.45, 2.75) is 103 Å². The molecule has 0 spiro atoms. The van der Waals surface area contributed by atoms with E-state index in [1.165, 1.54) is 109 Å². The maximum atomic E-state index is 3.40. The molecule has 0 aromatic heterocycles. The molecule has 1 N–H and O–H groups in total. The molecule has 0 saturated heterocycles. The Morgan fingerprint density at radius 3 is 1.17 bits per heavy atom. The fraction of sp³-hybridized carbons (Fsp3) is 1.00. The van der Waals surface area contributed by atoms with E-state index in [1.807, 2.05) is 0 Å². The molecule has 0 rings (SSSR count). The van der Waals surface area contributed by atoms with Crippen LogP contribution in [0.4, 0.5) is 0 Å². The number of unbranched alkanes of at least 4 members (excludes halogenated alkanes) is 14. The normalized spacial score (nSPS) is 12.0. The number of hydrogen-bond donors (Lipinski definition) is 1. The van der Waals surface area contributed by atoms with Gasteiger partial charge in [-0.3, -0.25) is 0 Å². The molecule has 0 fully saturated rings. The third-order valence-corrected chi connectivity index (χ3v) is 4.93. The fourth-order valence-electron chi connectivity index (χ4n) is 3.31. The van der Waals surface area contributed by atoms with Crippen molar-refractivity contribution in [3.05, 3.63) is 0 Å². The van der Waals surface area contributed by atoms with Gasteiger partial charge in [-0.15, -0.1) is 0 Å². The second-order valence-electron chi connectivity index (χ2n) is 8.67. The summed E-state index contributed by atoms with van der Waals surface area (Å²) in [7, 11) is 6.89. The first-order valence-electron chi connectivity index (χ1n) is 11.1. The van der Waals surface area contributed by atoms with E-state index in [2.05, 4.69) is 33.4 Å². The molecule has 0 aromatic carbocycles. The number of rotatable bonds is 19. The Kier molecular flexibility index (Phi) is 17.7. The fourth-order valence-corrected chi connectivity index (χ4v) is 3.31. The van der Waals surface area contributed by atoms with E-state index in [1.54, 1.807) is 0 Å². The molecule has 0 atom stereocenters. The summed E-state index contributed by atoms with van der Waals surface area (Å²) >= 11 is 0. The van der Waals surface area contributed by atoms with Crippen LogP contribution in [0.15, 0.2) is 0 Å². The van der Waals surface area contributed by atoms with Gasteiger partial charge in [-0.25, -0.2) is 0 Å². The van der Waals surface area contributed by atoms with Crippen molar-refractivity contribution in [3.63, 3.8) is 0 Å². The lowest BCUT2D eigenvalue weighted by Crippen LogP contribution is -2.35. The van der Waals surface area contributed by atoms with Crippen molar-refractivity contribution in [2.24, 2.45) is 0 Å². The van der Waals surface area contributed by atoms with Gasteiger partial charge in [0.15, 0.2) is 0 Å². The van der Waals surface area contributed by atoms with Gasteiger partial charge >= 0.3 is 0 Å². The molecule has 0 heterocycles. The lowest BCUT2D eigenvalue weighted by molar-refractivity contribution is -0.870. The van der Waals surface area contributed by atoms with Crippen molar-refractivity contribution < 1.29 is 4.48 Å². The molecule has 0 unspecified atom stereocenters. The predicted octanol–water partition coefficient (Wildman–Crippen LogP) is 6.15. The SMILES string of the molecule is CCNCCCCCCCCCCCCCCCCC[N+](C)(C)C. The number of nitrogens with zero attached hydrogens (tertiary/aromatic N) is 1. The quantitative estimate of drug-likeness (QED) is 0.219. The lowest BCUT2D eigenvalue weighted by Gasteiger charge is -2.23. The molecule has 146 valence electrons. The Hall–Kier alpha value is -0.0800. The molecule has 0 aromatic rings. The molecular weight excluding hydrogens is 292 g/mol. The molecule has 0 bridgehead atoms. The zero-order valence-electron chi connectivity index (χ0n) is 17.7. The highest BCUT2D eigenvalue weighted by molar-refractivity contribution is 4.51. The van der Waals surface area contributed by atoms with E-state index < -0.39 is 0 Å². The minimum absolute atomic E-state index is 1.12. The Morgan fingerprint density at radius 1 is 0.500 bits per heavy atom. The van der Waals surface area contributed by atoms with E-state index >= 15 is 0 Å². The second-order valence-corrected chi connectivity index (χ2v) is 8.67. The topological polar surface area (TPSA) is 12.0 Å². The van der Waals surface area contributed by atoms with Gasteiger partial charge in [0.05, 0.1) is 27.7 Å². The lowest BCUT2D eigenvalue weighted by atomic mass is 10.0. The van der Waals surface area contributed by atoms with E-state index in [9.17, 15) is 0 Å². The van der Waals surface area contributed by atoms with Gasteiger partial charge in [0, 0.05) is 0 Å². The van der Waals surface area contributed by atoms with Crippen LogP contribution in [0, 0.1) is 0 Å². The van der Waals surface area contributed by atoms with Crippen LogP contribution in [0.5, 0.6) is 0 Å². The van der Waals surface area contributed by atoms with Crippen molar-refractivity contribution in [1.29, 1.82) is 0 Å². The van der Waals surface area contributed by atoms with Gasteiger partial charge in [0.25, 0.3) is 0 Å². The summed E-state index contributed by atoms with van der Waals surface area (Å²) in [5.74, 6) is 0. The molecule has 0 aliphatic rings. The van der Waals surface area contributed by atoms with Gasteiger partial charge in [-0.05, 0) is 32.4 Å². The summed E-state index contributed by atoms with van der Waals surface area (Å²) in [6, 6.07) is 0. The smallest absolute Gasteiger partial charge is 0.0780 e. The van der Waals surface area contributed by atoms with Crippen molar-refractivity contribution in [2.75, 3.05) is 40.8 Å². The maximum absolute atomic E-state index is 3.40. The number of quaternary nitrogens is 1. The van der Waals surface area contributed by atoms with Gasteiger partial charge in [-0.1, -0.05) is 84.0 Å². The Labute approximate surface area is 154 Å². The number of nitrogens with one attached hydrogen (secondary N) is 1. The summed E-state index contributed by atoms with van der Waals surface area (Å²) in [5.41, 5.74) is 0. The van der Waals surface area contributed by atoms with Crippen LogP contribution in [-0.2, 0) is 0 Å². The Morgan fingerprint density at radius 2 is 0.833 bits per heavy atom. The zero-order chi connectivity index (χ0) is 17.9. The van der Waals surface area contributed by atoms with Crippen LogP contribution < -0.4 is 5.32 Å². The average Bonchev–Trinajstić information content (AvgIpc) is 2.52. The van der Waals surface area contributed by atoms with Gasteiger partial charge < -0.3 is 9.80 Å². The summed E-state index contributed by atoms with van der Waals surface area (Å²) in [6.07, 6.45) is 21.7. The molecule has 0 radical (unpaired) electrons. The highest BCUT2D eigenvalue weighted by Crippen LogP contribution is 2.13. The van der Waals surface area contributed by atoms with Gasteiger partial charge in [0.2, 0.25) is 0 Å². The summed E-state index contributed by atoms with van der Waals surface area (Å²) < 4.78 is 1.12. The molecular formula is C22H49N2+. The summed E-state index contributed by atoms with van der Waals surface area (Å²) in [6.45, 7) is 5.85. The third kappa shape index (κ3) is 21.9. The Bertz CT molecular complexity index is 233. The first-order valence-corrected chi connectivity index (χ1v) is 11.1. The molecule has 24 heavy (non-hydrogen) atoms. The number of hydrogen-bond acceptors (Lipinski definition) is 1. The van der Waals surface area contributed by atoms with E-state index in [0.717, 1.165) is 11.0 Å². The van der Waals surface area contributed by atoms with E-state index in [0.29, 0.717) is 0 Å². The largest absolute Gasteiger partial charge is 0.331 e. The molecule has 0 aliphatic heterocycles. The van der Waals surface area contributed by atoms with Gasteiger partial charge in [-0.2, -0.15) is 0 Å². The standard InChI is InChI=1S/C22H49N2/c1-5-23-21-19-17-15-13-11-9-7-6-8-10-12-14-16-18-20-22-24(2,3)4/h23H,5-22H2,1-4H3/q+1. The summed E-state index contributed by atoms with van der Waals surface area (Å²) in [5, 5.41) is 3.40. The second kappa shape index (κ2) is 17.7. The highest BCUT2D eigenvalue weighted by atomic mass is 15.3. The third-order valence-electron chi connectivity index (χ3n) is 4.93. The average molecular weight is 342 g/mol. The van der Waals surface area contributed by atoms with Crippen LogP contribution >= 0.6 is 0 Å². The van der Waals surface area contributed by atoms with Crippen LogP contribution in [-0.4, -0.2) is 45.3 Å². The molecule has 2 nitrogen and oxygen atoms in total. The monoisotopic (exact) mass is 341 g/mol.